The Kier molecular flexibility index (Phi) is 3.07. The molecule has 0 aliphatic rings. The fourth-order valence-electron chi connectivity index (χ4n) is 1.26. The third-order valence-electron chi connectivity index (χ3n) is 1.98. The maximum Gasteiger partial charge on any atom is 0.172 e. The van der Waals surface area contributed by atoms with Crippen molar-refractivity contribution in [3.05, 3.63) is 22.2 Å². The van der Waals surface area contributed by atoms with Crippen LogP contribution in [0.4, 0.5) is 0 Å². The molecular formula is C10H14BrNO2. The van der Waals surface area contributed by atoms with E-state index in [0.717, 1.165) is 5.56 Å². The molecule has 0 radical (unpaired) electrons. The van der Waals surface area contributed by atoms with Gasteiger partial charge in [0.25, 0.3) is 0 Å². The molecule has 0 aliphatic heterocycles. The number of rotatable bonds is 2. The largest absolute Gasteiger partial charge is 0.503 e. The maximum absolute atomic E-state index is 9.71. The quantitative estimate of drug-likeness (QED) is 0.858. The Labute approximate surface area is 92.0 Å². The summed E-state index contributed by atoms with van der Waals surface area (Å²) in [5.74, 6) is 0.510. The summed E-state index contributed by atoms with van der Waals surface area (Å²) in [6.07, 6.45) is 0. The second kappa shape index (κ2) is 3.79. The Morgan fingerprint density at radius 2 is 2.00 bits per heavy atom. The highest BCUT2D eigenvalue weighted by Crippen LogP contribution is 2.40. The molecule has 0 aromatic heterocycles. The number of aromatic hydroxyl groups is 1. The molecule has 1 aromatic carbocycles. The van der Waals surface area contributed by atoms with E-state index in [2.05, 4.69) is 15.9 Å². The van der Waals surface area contributed by atoms with Gasteiger partial charge in [0.1, 0.15) is 0 Å². The number of phenols is 1. The number of phenolic OH excluding ortho intramolecular Hbond substituents is 1. The standard InChI is InChI=1S/C10H14BrNO2/c1-10(2,12)6-4-5-7(11)8(13)9(6)14-3/h4-5,13H,12H2,1-3H3. The molecule has 1 rings (SSSR count). The van der Waals surface area contributed by atoms with Crippen molar-refractivity contribution in [2.45, 2.75) is 19.4 Å². The molecule has 0 saturated carbocycles. The molecule has 0 heterocycles. The molecule has 0 saturated heterocycles. The van der Waals surface area contributed by atoms with Gasteiger partial charge in [0.05, 0.1) is 11.6 Å². The van der Waals surface area contributed by atoms with Crippen molar-refractivity contribution in [1.82, 2.24) is 0 Å². The van der Waals surface area contributed by atoms with E-state index in [-0.39, 0.29) is 5.75 Å². The predicted molar refractivity (Wildman–Crippen MR) is 59.6 cm³/mol. The van der Waals surface area contributed by atoms with E-state index in [0.29, 0.717) is 10.2 Å². The second-order valence-electron chi connectivity index (χ2n) is 3.70. The van der Waals surface area contributed by atoms with E-state index in [1.54, 1.807) is 6.07 Å². The summed E-state index contributed by atoms with van der Waals surface area (Å²) in [5, 5.41) is 9.71. The molecule has 1 aromatic rings. The van der Waals surface area contributed by atoms with Crippen LogP contribution in [0.2, 0.25) is 0 Å². The number of hydrogen-bond donors (Lipinski definition) is 2. The van der Waals surface area contributed by atoms with Gasteiger partial charge in [0, 0.05) is 11.1 Å². The van der Waals surface area contributed by atoms with Crippen molar-refractivity contribution >= 4 is 15.9 Å². The van der Waals surface area contributed by atoms with Gasteiger partial charge >= 0.3 is 0 Å². The monoisotopic (exact) mass is 259 g/mol. The van der Waals surface area contributed by atoms with Crippen molar-refractivity contribution in [3.63, 3.8) is 0 Å². The average Bonchev–Trinajstić information content (AvgIpc) is 2.07. The number of halogens is 1. The first kappa shape index (κ1) is 11.3. The minimum absolute atomic E-state index is 0.0866. The zero-order valence-corrected chi connectivity index (χ0v) is 10.1. The molecule has 0 aliphatic carbocycles. The van der Waals surface area contributed by atoms with Crippen molar-refractivity contribution in [2.24, 2.45) is 5.73 Å². The van der Waals surface area contributed by atoms with Crippen molar-refractivity contribution in [2.75, 3.05) is 7.11 Å². The van der Waals surface area contributed by atoms with E-state index in [1.807, 2.05) is 19.9 Å². The molecule has 3 nitrogen and oxygen atoms in total. The van der Waals surface area contributed by atoms with E-state index in [9.17, 15) is 5.11 Å². The Balaban J connectivity index is 3.39. The highest BCUT2D eigenvalue weighted by Gasteiger charge is 2.22. The molecule has 3 N–H and O–H groups in total. The third kappa shape index (κ3) is 2.01. The van der Waals surface area contributed by atoms with Gasteiger partial charge in [0.2, 0.25) is 0 Å². The lowest BCUT2D eigenvalue weighted by Crippen LogP contribution is -2.29. The van der Waals surface area contributed by atoms with Gasteiger partial charge in [-0.1, -0.05) is 6.07 Å². The molecule has 0 unspecified atom stereocenters. The first-order valence-electron chi connectivity index (χ1n) is 4.22. The summed E-state index contributed by atoms with van der Waals surface area (Å²) in [4.78, 5) is 0. The van der Waals surface area contributed by atoms with Crippen LogP contribution in [0, 0.1) is 0 Å². The van der Waals surface area contributed by atoms with Crippen LogP contribution >= 0.6 is 15.9 Å². The molecule has 0 atom stereocenters. The van der Waals surface area contributed by atoms with E-state index in [1.165, 1.54) is 7.11 Å². The molecule has 4 heteroatoms. The second-order valence-corrected chi connectivity index (χ2v) is 4.55. The van der Waals surface area contributed by atoms with Gasteiger partial charge in [0.15, 0.2) is 11.5 Å². The van der Waals surface area contributed by atoms with Crippen LogP contribution in [-0.4, -0.2) is 12.2 Å². The summed E-state index contributed by atoms with van der Waals surface area (Å²) < 4.78 is 5.72. The highest BCUT2D eigenvalue weighted by atomic mass is 79.9. The number of benzene rings is 1. The average molecular weight is 260 g/mol. The zero-order chi connectivity index (χ0) is 10.9. The van der Waals surface area contributed by atoms with Gasteiger partial charge in [-0.05, 0) is 35.8 Å². The first-order valence-corrected chi connectivity index (χ1v) is 5.02. The van der Waals surface area contributed by atoms with Crippen LogP contribution in [0.5, 0.6) is 11.5 Å². The Morgan fingerprint density at radius 3 is 2.43 bits per heavy atom. The minimum atomic E-state index is -0.538. The fraction of sp³-hybridized carbons (Fsp3) is 0.400. The molecule has 14 heavy (non-hydrogen) atoms. The molecule has 0 fully saturated rings. The van der Waals surface area contributed by atoms with Crippen LogP contribution in [0.1, 0.15) is 19.4 Å². The Morgan fingerprint density at radius 1 is 1.43 bits per heavy atom. The summed E-state index contributed by atoms with van der Waals surface area (Å²) in [6.45, 7) is 3.72. The molecule has 0 bridgehead atoms. The van der Waals surface area contributed by atoms with Crippen molar-refractivity contribution in [1.29, 1.82) is 0 Å². The van der Waals surface area contributed by atoms with Crippen LogP contribution in [0.15, 0.2) is 16.6 Å². The van der Waals surface area contributed by atoms with E-state index in [4.69, 9.17) is 10.5 Å². The van der Waals surface area contributed by atoms with Crippen LogP contribution < -0.4 is 10.5 Å². The SMILES string of the molecule is COc1c(C(C)(C)N)ccc(Br)c1O. The Bertz CT molecular complexity index is 345. The van der Waals surface area contributed by atoms with Gasteiger partial charge in [-0.3, -0.25) is 0 Å². The van der Waals surface area contributed by atoms with Gasteiger partial charge in [-0.15, -0.1) is 0 Å². The fourth-order valence-corrected chi connectivity index (χ4v) is 1.57. The summed E-state index contributed by atoms with van der Waals surface area (Å²) in [5.41, 5.74) is 6.19. The lowest BCUT2D eigenvalue weighted by atomic mass is 9.94. The summed E-state index contributed by atoms with van der Waals surface area (Å²) in [7, 11) is 1.51. The predicted octanol–water partition coefficient (Wildman–Crippen LogP) is 2.36. The number of ether oxygens (including phenoxy) is 1. The molecule has 0 spiro atoms. The van der Waals surface area contributed by atoms with Crippen molar-refractivity contribution in [3.8, 4) is 11.5 Å². The number of nitrogens with two attached hydrogens (primary N) is 1. The van der Waals surface area contributed by atoms with E-state index < -0.39 is 5.54 Å². The number of hydrogen-bond acceptors (Lipinski definition) is 3. The summed E-state index contributed by atoms with van der Waals surface area (Å²) in [6, 6.07) is 3.59. The Hall–Kier alpha value is -0.740. The minimum Gasteiger partial charge on any atom is -0.503 e. The van der Waals surface area contributed by atoms with Crippen LogP contribution in [-0.2, 0) is 5.54 Å². The summed E-state index contributed by atoms with van der Waals surface area (Å²) >= 11 is 3.22. The lowest BCUT2D eigenvalue weighted by Gasteiger charge is -2.22. The zero-order valence-electron chi connectivity index (χ0n) is 8.47. The topological polar surface area (TPSA) is 55.5 Å². The molecular weight excluding hydrogens is 246 g/mol. The first-order chi connectivity index (χ1) is 6.38. The van der Waals surface area contributed by atoms with Gasteiger partial charge < -0.3 is 15.6 Å². The van der Waals surface area contributed by atoms with Crippen LogP contribution in [0.3, 0.4) is 0 Å². The highest BCUT2D eigenvalue weighted by molar-refractivity contribution is 9.10. The normalized spacial score (nSPS) is 11.5. The third-order valence-corrected chi connectivity index (χ3v) is 2.62. The molecule has 78 valence electrons. The van der Waals surface area contributed by atoms with E-state index >= 15 is 0 Å². The van der Waals surface area contributed by atoms with Gasteiger partial charge in [-0.2, -0.15) is 0 Å². The smallest absolute Gasteiger partial charge is 0.172 e. The molecule has 0 amide bonds. The maximum atomic E-state index is 9.71. The number of methoxy groups -OCH3 is 1. The van der Waals surface area contributed by atoms with Gasteiger partial charge in [-0.25, -0.2) is 0 Å². The van der Waals surface area contributed by atoms with Crippen molar-refractivity contribution < 1.29 is 9.84 Å². The van der Waals surface area contributed by atoms with Crippen LogP contribution in [0.25, 0.3) is 0 Å². The lowest BCUT2D eigenvalue weighted by molar-refractivity contribution is 0.357.